The van der Waals surface area contributed by atoms with Crippen LogP contribution >= 0.6 is 0 Å². The lowest BCUT2D eigenvalue weighted by Gasteiger charge is -2.32. The molecule has 0 amide bonds. The average Bonchev–Trinajstić information content (AvgIpc) is 2.91. The number of aromatic nitrogens is 3. The van der Waals surface area contributed by atoms with Crippen LogP contribution in [-0.4, -0.2) is 46.3 Å². The van der Waals surface area contributed by atoms with Gasteiger partial charge in [0.2, 0.25) is 10.0 Å². The third kappa shape index (κ3) is 4.78. The number of sulfonamides is 1. The van der Waals surface area contributed by atoms with E-state index in [2.05, 4.69) is 17.0 Å². The molecular weight excluding hydrogens is 288 g/mol. The molecule has 7 heteroatoms. The molecule has 0 aliphatic carbocycles. The maximum Gasteiger partial charge on any atom is 0.214 e. The van der Waals surface area contributed by atoms with Crippen LogP contribution in [0.5, 0.6) is 0 Å². The molecule has 1 aromatic heterocycles. The maximum atomic E-state index is 12.5. The molecule has 1 saturated heterocycles. The minimum Gasteiger partial charge on any atom is -0.253 e. The van der Waals surface area contributed by atoms with Gasteiger partial charge in [0.15, 0.2) is 0 Å². The number of piperidine rings is 1. The summed E-state index contributed by atoms with van der Waals surface area (Å²) in [7, 11) is -3.13. The van der Waals surface area contributed by atoms with Gasteiger partial charge >= 0.3 is 0 Å². The Morgan fingerprint density at radius 2 is 2.24 bits per heavy atom. The molecule has 2 atom stereocenters. The largest absolute Gasteiger partial charge is 0.253 e. The summed E-state index contributed by atoms with van der Waals surface area (Å²) in [6, 6.07) is 0. The van der Waals surface area contributed by atoms with E-state index in [1.165, 1.54) is 6.33 Å². The SMILES string of the molecule is CCCC(C)CS(=O)(=O)N1CCCC(Cn2cncn2)C1. The Labute approximate surface area is 127 Å². The van der Waals surface area contributed by atoms with Crippen LogP contribution in [0.1, 0.15) is 39.5 Å². The summed E-state index contributed by atoms with van der Waals surface area (Å²) >= 11 is 0. The second kappa shape index (κ2) is 7.35. The molecule has 0 saturated carbocycles. The molecule has 120 valence electrons. The van der Waals surface area contributed by atoms with E-state index in [-0.39, 0.29) is 11.7 Å². The molecule has 0 radical (unpaired) electrons. The molecule has 1 fully saturated rings. The standard InChI is InChI=1S/C14H26N4O2S/c1-3-5-13(2)10-21(19,20)18-7-4-6-14(9-18)8-17-12-15-11-16-17/h11-14H,3-10H2,1-2H3. The van der Waals surface area contributed by atoms with Crippen molar-refractivity contribution >= 4 is 10.0 Å². The predicted octanol–water partition coefficient (Wildman–Crippen LogP) is 1.76. The van der Waals surface area contributed by atoms with E-state index in [1.54, 1.807) is 15.3 Å². The van der Waals surface area contributed by atoms with Crippen molar-refractivity contribution in [1.29, 1.82) is 0 Å². The lowest BCUT2D eigenvalue weighted by Crippen LogP contribution is -2.43. The van der Waals surface area contributed by atoms with Crippen molar-refractivity contribution in [2.24, 2.45) is 11.8 Å². The van der Waals surface area contributed by atoms with Crippen LogP contribution in [0.15, 0.2) is 12.7 Å². The maximum absolute atomic E-state index is 12.5. The quantitative estimate of drug-likeness (QED) is 0.769. The molecule has 0 aromatic carbocycles. The Bertz CT molecular complexity index is 515. The van der Waals surface area contributed by atoms with Gasteiger partial charge in [-0.3, -0.25) is 4.68 Å². The first-order valence-electron chi connectivity index (χ1n) is 7.81. The molecule has 2 heterocycles. The van der Waals surface area contributed by atoms with E-state index in [0.717, 1.165) is 32.2 Å². The number of rotatable bonds is 7. The van der Waals surface area contributed by atoms with Crippen molar-refractivity contribution in [3.8, 4) is 0 Å². The van der Waals surface area contributed by atoms with Gasteiger partial charge in [-0.1, -0.05) is 20.3 Å². The van der Waals surface area contributed by atoms with E-state index in [4.69, 9.17) is 0 Å². The van der Waals surface area contributed by atoms with Crippen LogP contribution < -0.4 is 0 Å². The molecular formula is C14H26N4O2S. The number of nitrogens with zero attached hydrogens (tertiary/aromatic N) is 4. The Hall–Kier alpha value is -0.950. The average molecular weight is 314 g/mol. The smallest absolute Gasteiger partial charge is 0.214 e. The second-order valence-corrected chi connectivity index (χ2v) is 8.17. The Balaban J connectivity index is 1.93. The van der Waals surface area contributed by atoms with Gasteiger partial charge in [-0.25, -0.2) is 17.7 Å². The topological polar surface area (TPSA) is 68.1 Å². The normalized spacial score (nSPS) is 22.3. The fraction of sp³-hybridized carbons (Fsp3) is 0.857. The molecule has 2 rings (SSSR count). The first kappa shape index (κ1) is 16.4. The summed E-state index contributed by atoms with van der Waals surface area (Å²) in [5.41, 5.74) is 0. The third-order valence-corrected chi connectivity index (χ3v) is 6.17. The highest BCUT2D eigenvalue weighted by atomic mass is 32.2. The van der Waals surface area contributed by atoms with Gasteiger partial charge in [0.05, 0.1) is 5.75 Å². The number of hydrogen-bond donors (Lipinski definition) is 0. The van der Waals surface area contributed by atoms with Crippen LogP contribution in [-0.2, 0) is 16.6 Å². The second-order valence-electron chi connectivity index (χ2n) is 6.16. The van der Waals surface area contributed by atoms with Gasteiger partial charge in [-0.15, -0.1) is 0 Å². The summed E-state index contributed by atoms with van der Waals surface area (Å²) in [5, 5.41) is 4.11. The van der Waals surface area contributed by atoms with Gasteiger partial charge in [-0.2, -0.15) is 5.10 Å². The summed E-state index contributed by atoms with van der Waals surface area (Å²) in [4.78, 5) is 3.94. The molecule has 2 unspecified atom stereocenters. The zero-order chi connectivity index (χ0) is 15.3. The monoisotopic (exact) mass is 314 g/mol. The van der Waals surface area contributed by atoms with Crippen molar-refractivity contribution in [2.75, 3.05) is 18.8 Å². The fourth-order valence-electron chi connectivity index (χ4n) is 3.06. The van der Waals surface area contributed by atoms with Crippen LogP contribution in [0.3, 0.4) is 0 Å². The van der Waals surface area contributed by atoms with Gasteiger partial charge in [0.25, 0.3) is 0 Å². The molecule has 1 aliphatic heterocycles. The molecule has 1 aromatic rings. The van der Waals surface area contributed by atoms with E-state index < -0.39 is 10.0 Å². The van der Waals surface area contributed by atoms with E-state index in [1.807, 2.05) is 6.92 Å². The Morgan fingerprint density at radius 1 is 1.43 bits per heavy atom. The molecule has 0 bridgehead atoms. The van der Waals surface area contributed by atoms with Crippen molar-refractivity contribution in [3.63, 3.8) is 0 Å². The molecule has 6 nitrogen and oxygen atoms in total. The van der Waals surface area contributed by atoms with Gasteiger partial charge < -0.3 is 0 Å². The van der Waals surface area contributed by atoms with Crippen LogP contribution in [0.4, 0.5) is 0 Å². The lowest BCUT2D eigenvalue weighted by molar-refractivity contribution is 0.238. The van der Waals surface area contributed by atoms with Gasteiger partial charge in [0, 0.05) is 19.6 Å². The van der Waals surface area contributed by atoms with Crippen molar-refractivity contribution in [3.05, 3.63) is 12.7 Å². The van der Waals surface area contributed by atoms with Crippen LogP contribution in [0.2, 0.25) is 0 Å². The highest BCUT2D eigenvalue weighted by Crippen LogP contribution is 2.22. The lowest BCUT2D eigenvalue weighted by atomic mass is 10.00. The molecule has 21 heavy (non-hydrogen) atoms. The highest BCUT2D eigenvalue weighted by Gasteiger charge is 2.30. The summed E-state index contributed by atoms with van der Waals surface area (Å²) in [6.07, 6.45) is 7.19. The van der Waals surface area contributed by atoms with Crippen LogP contribution in [0.25, 0.3) is 0 Å². The van der Waals surface area contributed by atoms with E-state index >= 15 is 0 Å². The van der Waals surface area contributed by atoms with Gasteiger partial charge in [-0.05, 0) is 31.1 Å². The molecule has 0 N–H and O–H groups in total. The van der Waals surface area contributed by atoms with E-state index in [0.29, 0.717) is 19.0 Å². The summed E-state index contributed by atoms with van der Waals surface area (Å²) in [6.45, 7) is 6.14. The van der Waals surface area contributed by atoms with Crippen molar-refractivity contribution in [2.45, 2.75) is 46.1 Å². The van der Waals surface area contributed by atoms with Crippen molar-refractivity contribution in [1.82, 2.24) is 19.1 Å². The summed E-state index contributed by atoms with van der Waals surface area (Å²) in [5.74, 6) is 0.837. The Morgan fingerprint density at radius 3 is 2.90 bits per heavy atom. The predicted molar refractivity (Wildman–Crippen MR) is 82.2 cm³/mol. The Kier molecular flexibility index (Phi) is 5.75. The minimum absolute atomic E-state index is 0.232. The van der Waals surface area contributed by atoms with Crippen molar-refractivity contribution < 1.29 is 8.42 Å². The highest BCUT2D eigenvalue weighted by molar-refractivity contribution is 7.89. The zero-order valence-corrected chi connectivity index (χ0v) is 13.8. The zero-order valence-electron chi connectivity index (χ0n) is 13.0. The van der Waals surface area contributed by atoms with Crippen LogP contribution in [0, 0.1) is 11.8 Å². The first-order chi connectivity index (χ1) is 10.0. The first-order valence-corrected chi connectivity index (χ1v) is 9.42. The molecule has 1 aliphatic rings. The fourth-order valence-corrected chi connectivity index (χ4v) is 5.00. The molecule has 0 spiro atoms. The summed E-state index contributed by atoms with van der Waals surface area (Å²) < 4.78 is 28.5. The minimum atomic E-state index is -3.13. The van der Waals surface area contributed by atoms with E-state index in [9.17, 15) is 8.42 Å². The number of hydrogen-bond acceptors (Lipinski definition) is 4. The van der Waals surface area contributed by atoms with Gasteiger partial charge in [0.1, 0.15) is 12.7 Å². The third-order valence-electron chi connectivity index (χ3n) is 4.06.